The monoisotopic (exact) mass is 510 g/mol. The number of hydrogen-bond donors (Lipinski definition) is 2. The zero-order chi connectivity index (χ0) is 27.1. The summed E-state index contributed by atoms with van der Waals surface area (Å²) in [4.78, 5) is 46.4. The van der Waals surface area contributed by atoms with Gasteiger partial charge in [0.1, 0.15) is 11.6 Å². The Morgan fingerprint density at radius 1 is 1.03 bits per heavy atom. The van der Waals surface area contributed by atoms with Crippen LogP contribution in [-0.2, 0) is 13.6 Å². The van der Waals surface area contributed by atoms with Gasteiger partial charge in [0.2, 0.25) is 5.91 Å². The van der Waals surface area contributed by atoms with E-state index in [4.69, 9.17) is 10.3 Å². The fourth-order valence-electron chi connectivity index (χ4n) is 4.68. The number of nitrogens with one attached hydrogen (secondary N) is 1. The molecule has 0 aliphatic carbocycles. The number of primary amides is 1. The van der Waals surface area contributed by atoms with Gasteiger partial charge in [-0.15, -0.1) is 0 Å². The molecule has 3 N–H and O–H groups in total. The number of fused-ring (bicyclic) bond motifs is 1. The molecule has 10 heteroatoms. The molecule has 3 aromatic heterocycles. The summed E-state index contributed by atoms with van der Waals surface area (Å²) in [5.74, 6) is -0.00561. The van der Waals surface area contributed by atoms with E-state index in [0.717, 1.165) is 16.8 Å². The molecule has 0 spiro atoms. The number of benzene rings is 2. The first-order valence-electron chi connectivity index (χ1n) is 12.0. The van der Waals surface area contributed by atoms with E-state index in [2.05, 4.69) is 15.3 Å². The van der Waals surface area contributed by atoms with Crippen LogP contribution in [0.25, 0.3) is 33.4 Å². The highest BCUT2D eigenvalue weighted by Crippen LogP contribution is 2.31. The highest BCUT2D eigenvalue weighted by atomic mass is 16.5. The van der Waals surface area contributed by atoms with Crippen LogP contribution in [0.4, 0.5) is 5.69 Å². The van der Waals surface area contributed by atoms with Crippen molar-refractivity contribution in [1.29, 1.82) is 0 Å². The average Bonchev–Trinajstić information content (AvgIpc) is 3.38. The lowest BCUT2D eigenvalue weighted by molar-refractivity contribution is 0.0995. The third kappa shape index (κ3) is 4.26. The van der Waals surface area contributed by atoms with Crippen molar-refractivity contribution in [3.05, 3.63) is 87.8 Å². The minimum atomic E-state index is -0.583. The molecule has 0 saturated heterocycles. The molecule has 0 atom stereocenters. The van der Waals surface area contributed by atoms with Gasteiger partial charge >= 0.3 is 0 Å². The third-order valence-electron chi connectivity index (χ3n) is 6.39. The SMILES string of the molecule is CCn1c(-c2ccc(-c3c(C)on(C)c3=O)cc2)cc2nc(C)nc(C(=O)Nc3cccc(C(N)=O)c3)c21. The van der Waals surface area contributed by atoms with Crippen molar-refractivity contribution in [1.82, 2.24) is 19.3 Å². The molecule has 0 unspecified atom stereocenters. The Balaban J connectivity index is 1.57. The fraction of sp³-hybridized carbons (Fsp3) is 0.179. The van der Waals surface area contributed by atoms with Crippen molar-refractivity contribution in [3.63, 3.8) is 0 Å². The molecule has 0 bridgehead atoms. The Labute approximate surface area is 217 Å². The number of hydrogen-bond acceptors (Lipinski definition) is 6. The lowest BCUT2D eigenvalue weighted by Crippen LogP contribution is -2.18. The van der Waals surface area contributed by atoms with Crippen molar-refractivity contribution in [2.45, 2.75) is 27.3 Å². The molecule has 0 radical (unpaired) electrons. The molecule has 5 rings (SSSR count). The minimum absolute atomic E-state index is 0.194. The first-order chi connectivity index (χ1) is 18.2. The van der Waals surface area contributed by atoms with E-state index >= 15 is 0 Å². The number of carbonyl (C=O) groups is 2. The smallest absolute Gasteiger partial charge is 0.290 e. The molecular formula is C28H26N6O4. The molecule has 0 saturated carbocycles. The van der Waals surface area contributed by atoms with E-state index < -0.39 is 11.8 Å². The number of amides is 2. The van der Waals surface area contributed by atoms with Crippen LogP contribution in [0.5, 0.6) is 0 Å². The zero-order valence-electron chi connectivity index (χ0n) is 21.4. The summed E-state index contributed by atoms with van der Waals surface area (Å²) in [5.41, 5.74) is 10.4. The lowest BCUT2D eigenvalue weighted by Gasteiger charge is -2.12. The standard InChI is InChI=1S/C28H26N6O4/c1-5-34-22(17-9-11-18(12-10-17)23-15(2)38-33(4)28(23)37)14-21-25(34)24(31-16(3)30-21)27(36)32-20-8-6-7-19(13-20)26(29)35/h6-14H,5H2,1-4H3,(H2,29,35)(H,32,36). The van der Waals surface area contributed by atoms with Gasteiger partial charge in [0.05, 0.1) is 22.3 Å². The van der Waals surface area contributed by atoms with E-state index in [-0.39, 0.29) is 16.8 Å². The second-order valence-corrected chi connectivity index (χ2v) is 8.93. The maximum Gasteiger partial charge on any atom is 0.290 e. The molecule has 2 aromatic carbocycles. The van der Waals surface area contributed by atoms with Gasteiger partial charge in [0.15, 0.2) is 5.69 Å². The molecule has 5 aromatic rings. The number of aromatic nitrogens is 4. The highest BCUT2D eigenvalue weighted by Gasteiger charge is 2.21. The van der Waals surface area contributed by atoms with Crippen molar-refractivity contribution in [2.24, 2.45) is 12.8 Å². The van der Waals surface area contributed by atoms with Crippen molar-refractivity contribution in [3.8, 4) is 22.4 Å². The maximum atomic E-state index is 13.4. The summed E-state index contributed by atoms with van der Waals surface area (Å²) in [6, 6.07) is 16.0. The van der Waals surface area contributed by atoms with Crippen LogP contribution >= 0.6 is 0 Å². The topological polar surface area (TPSA) is 138 Å². The van der Waals surface area contributed by atoms with Gasteiger partial charge in [-0.3, -0.25) is 14.4 Å². The molecule has 2 amide bonds. The normalized spacial score (nSPS) is 11.2. The Hall–Kier alpha value is -4.99. The Bertz CT molecular complexity index is 1780. The van der Waals surface area contributed by atoms with E-state index in [9.17, 15) is 14.4 Å². The van der Waals surface area contributed by atoms with Gasteiger partial charge in [-0.25, -0.2) is 9.97 Å². The molecular weight excluding hydrogens is 484 g/mol. The predicted molar refractivity (Wildman–Crippen MR) is 144 cm³/mol. The van der Waals surface area contributed by atoms with Gasteiger partial charge in [-0.2, -0.15) is 4.74 Å². The molecule has 3 heterocycles. The van der Waals surface area contributed by atoms with Crippen LogP contribution in [0.15, 0.2) is 63.9 Å². The van der Waals surface area contributed by atoms with Crippen LogP contribution in [0.1, 0.15) is 39.4 Å². The van der Waals surface area contributed by atoms with Crippen molar-refractivity contribution in [2.75, 3.05) is 5.32 Å². The fourth-order valence-corrected chi connectivity index (χ4v) is 4.68. The largest absolute Gasteiger partial charge is 0.381 e. The summed E-state index contributed by atoms with van der Waals surface area (Å²) in [5, 5.41) is 2.82. The Kier molecular flexibility index (Phi) is 6.15. The maximum absolute atomic E-state index is 13.4. The molecule has 0 aliphatic rings. The van der Waals surface area contributed by atoms with E-state index in [1.54, 1.807) is 39.1 Å². The van der Waals surface area contributed by atoms with Gasteiger partial charge in [0.25, 0.3) is 11.5 Å². The van der Waals surface area contributed by atoms with Gasteiger partial charge < -0.3 is 20.1 Å². The predicted octanol–water partition coefficient (Wildman–Crippen LogP) is 4.04. The van der Waals surface area contributed by atoms with Crippen molar-refractivity contribution >= 4 is 28.5 Å². The van der Waals surface area contributed by atoms with E-state index in [1.807, 2.05) is 41.8 Å². The van der Waals surface area contributed by atoms with Crippen LogP contribution in [0.3, 0.4) is 0 Å². The number of nitrogens with zero attached hydrogens (tertiary/aromatic N) is 4. The third-order valence-corrected chi connectivity index (χ3v) is 6.39. The lowest BCUT2D eigenvalue weighted by atomic mass is 10.0. The zero-order valence-corrected chi connectivity index (χ0v) is 21.4. The summed E-state index contributed by atoms with van der Waals surface area (Å²) < 4.78 is 8.62. The number of rotatable bonds is 6. The molecule has 10 nitrogen and oxygen atoms in total. The average molecular weight is 511 g/mol. The number of aryl methyl sites for hydroxylation is 4. The summed E-state index contributed by atoms with van der Waals surface area (Å²) in [7, 11) is 1.58. The number of anilines is 1. The first-order valence-corrected chi connectivity index (χ1v) is 12.0. The highest BCUT2D eigenvalue weighted by molar-refractivity contribution is 6.11. The summed E-state index contributed by atoms with van der Waals surface area (Å²) in [6.45, 7) is 6.03. The second-order valence-electron chi connectivity index (χ2n) is 8.93. The van der Waals surface area contributed by atoms with Gasteiger partial charge in [-0.1, -0.05) is 30.3 Å². The Morgan fingerprint density at radius 3 is 2.37 bits per heavy atom. The number of carbonyl (C=O) groups excluding carboxylic acids is 2. The van der Waals surface area contributed by atoms with Crippen LogP contribution in [0, 0.1) is 13.8 Å². The van der Waals surface area contributed by atoms with Crippen molar-refractivity contribution < 1.29 is 14.1 Å². The van der Waals surface area contributed by atoms with Crippen LogP contribution in [-0.4, -0.2) is 31.1 Å². The summed E-state index contributed by atoms with van der Waals surface area (Å²) >= 11 is 0. The van der Waals surface area contributed by atoms with Gasteiger partial charge in [-0.05, 0) is 56.2 Å². The molecule has 38 heavy (non-hydrogen) atoms. The van der Waals surface area contributed by atoms with Gasteiger partial charge in [0, 0.05) is 24.8 Å². The van der Waals surface area contributed by atoms with E-state index in [1.165, 1.54) is 10.8 Å². The Morgan fingerprint density at radius 2 is 1.74 bits per heavy atom. The van der Waals surface area contributed by atoms with Crippen LogP contribution < -0.4 is 16.6 Å². The van der Waals surface area contributed by atoms with Crippen LogP contribution in [0.2, 0.25) is 0 Å². The van der Waals surface area contributed by atoms with E-state index in [0.29, 0.717) is 40.4 Å². The first kappa shape index (κ1) is 24.7. The molecule has 192 valence electrons. The molecule has 0 aliphatic heterocycles. The quantitative estimate of drug-likeness (QED) is 0.354. The molecule has 0 fully saturated rings. The second kappa shape index (κ2) is 9.47. The minimum Gasteiger partial charge on any atom is -0.381 e. The summed E-state index contributed by atoms with van der Waals surface area (Å²) in [6.07, 6.45) is 0. The number of nitrogens with two attached hydrogens (primary N) is 1.